The van der Waals surface area contributed by atoms with Crippen LogP contribution in [0.2, 0.25) is 0 Å². The first kappa shape index (κ1) is 65.1. The molecular formula is C43H41Cl9CsN12NaRu2+2. The summed E-state index contributed by atoms with van der Waals surface area (Å²) in [6.07, 6.45) is 11.0. The largest absolute Gasteiger partial charge is 1.00 e. The fourth-order valence-corrected chi connectivity index (χ4v) is 5.34. The molecule has 12 aromatic rings. The zero-order valence-corrected chi connectivity index (χ0v) is 53.7. The normalized spacial score (nSPS) is 10.4. The van der Waals surface area contributed by atoms with E-state index in [-0.39, 0.29) is 118 Å². The molecule has 0 fully saturated rings. The van der Waals surface area contributed by atoms with Crippen molar-refractivity contribution >= 4 is 143 Å². The number of nitrogens with one attached hydrogen (secondary N) is 7. The van der Waals surface area contributed by atoms with Crippen molar-refractivity contribution in [2.24, 2.45) is 0 Å². The van der Waals surface area contributed by atoms with Crippen LogP contribution in [0.4, 0.5) is 0 Å². The van der Waals surface area contributed by atoms with Crippen molar-refractivity contribution in [1.29, 1.82) is 0 Å². The summed E-state index contributed by atoms with van der Waals surface area (Å²) in [6.45, 7) is 0. The third-order valence-corrected chi connectivity index (χ3v) is 8.14. The van der Waals surface area contributed by atoms with Crippen molar-refractivity contribution in [2.75, 3.05) is 0 Å². The number of hydrogen-bond donors (Lipinski definition) is 6. The molecule has 6 aromatic carbocycles. The smallest absolute Gasteiger partial charge is 0.278 e. The summed E-state index contributed by atoms with van der Waals surface area (Å²) >= 11 is 0. The van der Waals surface area contributed by atoms with Crippen LogP contribution < -0.4 is 116 Å². The number of para-hydroxylation sites is 6. The summed E-state index contributed by atoms with van der Waals surface area (Å²) in [6, 6.07) is 48.2. The first-order valence-corrected chi connectivity index (χ1v) is 36.1. The van der Waals surface area contributed by atoms with E-state index in [0.717, 1.165) is 60.0 Å². The molecule has 68 heavy (non-hydrogen) atoms. The number of benzene rings is 6. The Bertz CT molecular complexity index is 2440. The van der Waals surface area contributed by atoms with Gasteiger partial charge in [0.05, 0.1) is 64.0 Å². The van der Waals surface area contributed by atoms with Crippen LogP contribution in [0.25, 0.3) is 65.4 Å². The Morgan fingerprint density at radius 1 is 0.338 bits per heavy atom. The molecule has 0 aliphatic rings. The van der Waals surface area contributed by atoms with Gasteiger partial charge in [-0.25, -0.2) is 0 Å². The van der Waals surface area contributed by atoms with Gasteiger partial charge in [0, 0.05) is 26.9 Å². The maximum absolute atomic E-state index is 5.00. The molecule has 0 saturated heterocycles. The quantitative estimate of drug-likeness (QED) is 0.103. The molecule has 6 heterocycles. The van der Waals surface area contributed by atoms with Crippen LogP contribution >= 0.6 is 77.5 Å². The van der Waals surface area contributed by atoms with Crippen molar-refractivity contribution in [3.63, 3.8) is 0 Å². The van der Waals surface area contributed by atoms with Crippen molar-refractivity contribution in [3.05, 3.63) is 183 Å². The van der Waals surface area contributed by atoms with Crippen molar-refractivity contribution in [3.8, 4) is 0 Å². The zero-order valence-electron chi connectivity index (χ0n) is 35.2. The molecule has 12 nitrogen and oxygen atoms in total. The number of rotatable bonds is 0. The Labute approximate surface area is 517 Å². The fourth-order valence-electron chi connectivity index (χ4n) is 5.34. The fraction of sp³-hybridized carbons (Fsp3) is 0.0233. The molecule has 0 amide bonds. The Balaban J connectivity index is 0.000000389. The van der Waals surface area contributed by atoms with E-state index >= 15 is 0 Å². The van der Waals surface area contributed by atoms with Crippen molar-refractivity contribution < 1.29 is 138 Å². The molecule has 7 N–H and O–H groups in total. The topological polar surface area (TPSA) is 173 Å². The van der Waals surface area contributed by atoms with E-state index in [9.17, 15) is 0 Å². The van der Waals surface area contributed by atoms with Crippen LogP contribution in [0.1, 0.15) is 7.43 Å². The molecule has 0 aliphatic carbocycles. The van der Waals surface area contributed by atoms with Gasteiger partial charge in [0.2, 0.25) is 6.20 Å². The standard InChI is InChI=1S/6C7H6N2.CH4.9ClH.Cs.Na.2Ru/c6*1-2-4-7-6(3-1)5-8-9-7;;;;;;;;;;;;;;/h6*1-5H,(H,8,9);1H4;9*1H;;;;/q;;;;;;;;;;;;;;;;2*+1;2*+4/p-8. The second kappa shape index (κ2) is 35.2. The van der Waals surface area contributed by atoms with E-state index in [4.69, 9.17) is 77.5 Å². The van der Waals surface area contributed by atoms with Crippen LogP contribution in [-0.4, -0.2) is 56.1 Å². The number of nitrogens with zero attached hydrogens (tertiary/aromatic N) is 5. The van der Waals surface area contributed by atoms with E-state index in [1.165, 1.54) is 5.39 Å². The third kappa shape index (κ3) is 26.1. The van der Waals surface area contributed by atoms with Gasteiger partial charge in [0.1, 0.15) is 5.52 Å². The first-order chi connectivity index (χ1) is 30.8. The van der Waals surface area contributed by atoms with Crippen LogP contribution in [0.15, 0.2) is 183 Å². The summed E-state index contributed by atoms with van der Waals surface area (Å²) in [5, 5.41) is 46.7. The van der Waals surface area contributed by atoms with Crippen molar-refractivity contribution in [2.45, 2.75) is 7.43 Å². The molecule has 6 aromatic heterocycles. The summed E-state index contributed by atoms with van der Waals surface area (Å²) in [5.41, 5.74) is 6.63. The molecule has 0 aliphatic heterocycles. The van der Waals surface area contributed by atoms with Crippen LogP contribution in [0.5, 0.6) is 0 Å². The minimum absolute atomic E-state index is 0. The summed E-state index contributed by atoms with van der Waals surface area (Å²) in [7, 11) is 34.0. The maximum Gasteiger partial charge on any atom is 1.00 e. The predicted molar refractivity (Wildman–Crippen MR) is 269 cm³/mol. The molecule has 0 saturated carbocycles. The van der Waals surface area contributed by atoms with Gasteiger partial charge in [-0.05, 0) is 42.5 Å². The first-order valence-electron chi connectivity index (χ1n) is 18.2. The molecule has 352 valence electrons. The average Bonchev–Trinajstić information content (AvgIpc) is 4.15. The van der Waals surface area contributed by atoms with E-state index in [1.54, 1.807) is 0 Å². The van der Waals surface area contributed by atoms with Gasteiger partial charge in [0.15, 0.2) is 0 Å². The van der Waals surface area contributed by atoms with Gasteiger partial charge >= 0.3 is 198 Å². The maximum atomic E-state index is 5.00. The Morgan fingerprint density at radius 2 is 0.529 bits per heavy atom. The molecule has 0 bridgehead atoms. The minimum atomic E-state index is -2.97. The van der Waals surface area contributed by atoms with Crippen molar-refractivity contribution in [1.82, 2.24) is 56.1 Å². The summed E-state index contributed by atoms with van der Waals surface area (Å²) in [4.78, 5) is 0. The number of hydrogen-bond acceptors (Lipinski definition) is 5. The van der Waals surface area contributed by atoms with Gasteiger partial charge < -0.3 is 12.4 Å². The van der Waals surface area contributed by atoms with E-state index in [2.05, 4.69) is 67.3 Å². The van der Waals surface area contributed by atoms with E-state index < -0.39 is 21.6 Å². The second-order valence-corrected chi connectivity index (χ2v) is 44.1. The summed E-state index contributed by atoms with van der Waals surface area (Å²) in [5.74, 6) is 0. The van der Waals surface area contributed by atoms with Gasteiger partial charge in [-0.2, -0.15) is 30.6 Å². The number of halogens is 9. The zero-order chi connectivity index (χ0) is 45.6. The van der Waals surface area contributed by atoms with Crippen LogP contribution in [0.3, 0.4) is 0 Å². The van der Waals surface area contributed by atoms with Gasteiger partial charge in [-0.15, -0.1) is 5.10 Å². The third-order valence-electron chi connectivity index (χ3n) is 8.14. The van der Waals surface area contributed by atoms with Gasteiger partial charge in [0.25, 0.3) is 0 Å². The van der Waals surface area contributed by atoms with Gasteiger partial charge in [-0.1, -0.05) is 111 Å². The Morgan fingerprint density at radius 3 is 0.735 bits per heavy atom. The Kier molecular flexibility index (Phi) is 33.7. The predicted octanol–water partition coefficient (Wildman–Crippen LogP) is 5.96. The number of aromatic nitrogens is 12. The molecule has 25 heteroatoms. The number of aromatic amines is 7. The van der Waals surface area contributed by atoms with Gasteiger partial charge in [-0.3, -0.25) is 25.5 Å². The molecule has 0 spiro atoms. The van der Waals surface area contributed by atoms with E-state index in [1.807, 2.05) is 177 Å². The number of fused-ring (bicyclic) bond motifs is 6. The van der Waals surface area contributed by atoms with E-state index in [0.29, 0.717) is 0 Å². The average molecular weight is 1400 g/mol. The molecule has 0 radical (unpaired) electrons. The number of H-pyrrole nitrogens is 7. The van der Waals surface area contributed by atoms with Crippen LogP contribution in [-0.2, 0) is 21.6 Å². The molecule has 0 atom stereocenters. The summed E-state index contributed by atoms with van der Waals surface area (Å²) < 4.78 is 0. The monoisotopic (exact) mass is 1400 g/mol. The Hall–Kier alpha value is -0.951. The molecular weight excluding hydrogens is 1360 g/mol. The van der Waals surface area contributed by atoms with Crippen LogP contribution in [0, 0.1) is 0 Å². The molecule has 0 unspecified atom stereocenters. The minimum Gasteiger partial charge on any atom is -0.278 e. The SMILES string of the molecule is C.[Cl-].[Cl][Ru]([Cl])([Cl])[Cl].[Cl][Ru]([Cl])([Cl])[Cl].[Cs+].[Na+].c1ccc2[nH][nH+]cc2c1.c1ccc2[nH]ncc2c1.c1ccc2[nH]ncc2c1.c1ccc2[nH]ncc2c1.c1ccc2[nH]ncc2c1.c1ccc2[nH]ncc2c1. The second-order valence-electron chi connectivity index (χ2n) is 12.4. The molecule has 12 rings (SSSR count).